The van der Waals surface area contributed by atoms with Gasteiger partial charge in [-0.05, 0) is 20.6 Å². The maximum atomic E-state index is 12.0. The molecular weight excluding hydrogens is 421 g/mol. The number of phosphoric ester groups is 1. The van der Waals surface area contributed by atoms with Crippen LogP contribution < -0.4 is 10.6 Å². The minimum atomic E-state index is -4.47. The van der Waals surface area contributed by atoms with Gasteiger partial charge in [0.1, 0.15) is 6.61 Å². The number of amides is 1. The molecule has 0 aromatic rings. The SMILES string of the molecule is CCNCC(=O)NCCOP(=O)(O)OCC(COC(=O)C(C)C)OC(=O)CN(C)C. The van der Waals surface area contributed by atoms with Gasteiger partial charge >= 0.3 is 19.8 Å². The van der Waals surface area contributed by atoms with Crippen molar-refractivity contribution in [1.29, 1.82) is 0 Å². The fraction of sp³-hybridized carbons (Fsp3) is 0.824. The van der Waals surface area contributed by atoms with Crippen LogP contribution in [-0.2, 0) is 37.5 Å². The Labute approximate surface area is 177 Å². The van der Waals surface area contributed by atoms with Gasteiger partial charge in [-0.25, -0.2) is 4.57 Å². The first kappa shape index (κ1) is 28.4. The van der Waals surface area contributed by atoms with Crippen LogP contribution in [0, 0.1) is 5.92 Å². The van der Waals surface area contributed by atoms with Gasteiger partial charge in [0.05, 0.1) is 32.2 Å². The number of hydrogen-bond acceptors (Lipinski definition) is 10. The van der Waals surface area contributed by atoms with Crippen LogP contribution in [0.15, 0.2) is 0 Å². The van der Waals surface area contributed by atoms with Gasteiger partial charge in [0.15, 0.2) is 6.10 Å². The lowest BCUT2D eigenvalue weighted by atomic mass is 10.2. The highest BCUT2D eigenvalue weighted by Crippen LogP contribution is 2.43. The molecule has 1 amide bonds. The first-order valence-corrected chi connectivity index (χ1v) is 11.1. The Kier molecular flexibility index (Phi) is 14.5. The molecule has 0 aliphatic rings. The predicted molar refractivity (Wildman–Crippen MR) is 108 cm³/mol. The van der Waals surface area contributed by atoms with Crippen molar-refractivity contribution in [2.45, 2.75) is 26.9 Å². The molecule has 0 heterocycles. The number of rotatable bonds is 16. The summed E-state index contributed by atoms with van der Waals surface area (Å²) in [5, 5.41) is 5.33. The Morgan fingerprint density at radius 2 is 1.80 bits per heavy atom. The highest BCUT2D eigenvalue weighted by Gasteiger charge is 2.26. The smallest absolute Gasteiger partial charge is 0.461 e. The average molecular weight is 455 g/mol. The molecule has 0 radical (unpaired) electrons. The molecule has 12 nitrogen and oxygen atoms in total. The van der Waals surface area contributed by atoms with Gasteiger partial charge in [0.25, 0.3) is 0 Å². The van der Waals surface area contributed by atoms with E-state index >= 15 is 0 Å². The van der Waals surface area contributed by atoms with Crippen molar-refractivity contribution in [1.82, 2.24) is 15.5 Å². The number of likely N-dealkylation sites (N-methyl/N-ethyl adjacent to an activating group) is 2. The number of nitrogens with one attached hydrogen (secondary N) is 2. The zero-order valence-corrected chi connectivity index (χ0v) is 19.1. The van der Waals surface area contributed by atoms with Gasteiger partial charge in [-0.2, -0.15) is 0 Å². The summed E-state index contributed by atoms with van der Waals surface area (Å²) >= 11 is 0. The van der Waals surface area contributed by atoms with E-state index in [1.54, 1.807) is 32.8 Å². The van der Waals surface area contributed by atoms with Crippen LogP contribution in [0.5, 0.6) is 0 Å². The van der Waals surface area contributed by atoms with Crippen LogP contribution in [-0.4, -0.2) is 93.8 Å². The normalized spacial score (nSPS) is 14.3. The molecule has 0 aliphatic carbocycles. The number of ether oxygens (including phenoxy) is 2. The average Bonchev–Trinajstić information content (AvgIpc) is 2.64. The van der Waals surface area contributed by atoms with E-state index in [1.165, 1.54) is 0 Å². The fourth-order valence-corrected chi connectivity index (χ4v) is 2.56. The minimum Gasteiger partial charge on any atom is -0.461 e. The lowest BCUT2D eigenvalue weighted by molar-refractivity contribution is -0.163. The van der Waals surface area contributed by atoms with Crippen molar-refractivity contribution in [3.05, 3.63) is 0 Å². The number of esters is 2. The predicted octanol–water partition coefficient (Wildman–Crippen LogP) is -0.482. The van der Waals surface area contributed by atoms with Gasteiger partial charge in [-0.15, -0.1) is 0 Å². The summed E-state index contributed by atoms with van der Waals surface area (Å²) in [7, 11) is -1.14. The third-order valence-corrected chi connectivity index (χ3v) is 4.25. The molecule has 0 aromatic heterocycles. The molecule has 0 rings (SSSR count). The summed E-state index contributed by atoms with van der Waals surface area (Å²) in [4.78, 5) is 46.2. The molecule has 0 bridgehead atoms. The third kappa shape index (κ3) is 15.3. The standard InChI is InChI=1S/C17H34N3O9P/c1-6-18-9-15(21)19-7-8-27-30(24,25)28-12-14(11-26-17(23)13(2)3)29-16(22)10-20(4)5/h13-14,18H,6-12H2,1-5H3,(H,19,21)(H,24,25). The first-order chi connectivity index (χ1) is 14.0. The van der Waals surface area contributed by atoms with Crippen molar-refractivity contribution >= 4 is 25.7 Å². The molecule has 0 fully saturated rings. The maximum absolute atomic E-state index is 12.0. The number of hydrogen-bond donors (Lipinski definition) is 3. The topological polar surface area (TPSA) is 153 Å². The van der Waals surface area contributed by atoms with E-state index in [0.29, 0.717) is 6.54 Å². The van der Waals surface area contributed by atoms with Crippen LogP contribution in [0.1, 0.15) is 20.8 Å². The second-order valence-electron chi connectivity index (χ2n) is 6.86. The van der Waals surface area contributed by atoms with Gasteiger partial charge in [-0.3, -0.25) is 28.3 Å². The highest BCUT2D eigenvalue weighted by molar-refractivity contribution is 7.47. The molecule has 3 N–H and O–H groups in total. The second-order valence-corrected chi connectivity index (χ2v) is 8.32. The van der Waals surface area contributed by atoms with Crippen molar-refractivity contribution in [2.24, 2.45) is 5.92 Å². The van der Waals surface area contributed by atoms with Gasteiger partial charge in [-0.1, -0.05) is 20.8 Å². The zero-order chi connectivity index (χ0) is 23.2. The second kappa shape index (κ2) is 15.3. The Morgan fingerprint density at radius 1 is 1.13 bits per heavy atom. The lowest BCUT2D eigenvalue weighted by Gasteiger charge is -2.21. The van der Waals surface area contributed by atoms with Gasteiger partial charge < -0.3 is 25.0 Å². The highest BCUT2D eigenvalue weighted by atomic mass is 31.2. The quantitative estimate of drug-likeness (QED) is 0.157. The molecule has 0 aromatic carbocycles. The van der Waals surface area contributed by atoms with E-state index in [1.807, 2.05) is 6.92 Å². The Hall–Kier alpha value is -1.56. The Bertz CT molecular complexity index is 587. The van der Waals surface area contributed by atoms with Crippen molar-refractivity contribution in [3.8, 4) is 0 Å². The van der Waals surface area contributed by atoms with Crippen molar-refractivity contribution in [3.63, 3.8) is 0 Å². The van der Waals surface area contributed by atoms with Gasteiger partial charge in [0.2, 0.25) is 5.91 Å². The van der Waals surface area contributed by atoms with E-state index in [2.05, 4.69) is 10.6 Å². The van der Waals surface area contributed by atoms with E-state index in [-0.39, 0.29) is 44.7 Å². The summed E-state index contributed by atoms with van der Waals surface area (Å²) in [5.41, 5.74) is 0. The van der Waals surface area contributed by atoms with Crippen molar-refractivity contribution in [2.75, 3.05) is 60.1 Å². The number of carbonyl (C=O) groups is 3. The van der Waals surface area contributed by atoms with E-state index < -0.39 is 32.5 Å². The molecule has 0 saturated heterocycles. The number of nitrogens with zero attached hydrogens (tertiary/aromatic N) is 1. The summed E-state index contributed by atoms with van der Waals surface area (Å²) in [6.45, 7) is 4.73. The molecule has 0 spiro atoms. The summed E-state index contributed by atoms with van der Waals surface area (Å²) < 4.78 is 31.7. The van der Waals surface area contributed by atoms with Crippen LogP contribution in [0.2, 0.25) is 0 Å². The summed E-state index contributed by atoms with van der Waals surface area (Å²) in [6.07, 6.45) is -1.09. The van der Waals surface area contributed by atoms with E-state index in [9.17, 15) is 23.8 Å². The molecular formula is C17H34N3O9P. The van der Waals surface area contributed by atoms with Crippen molar-refractivity contribution < 1.29 is 42.4 Å². The van der Waals surface area contributed by atoms with Gasteiger partial charge in [0, 0.05) is 6.54 Å². The van der Waals surface area contributed by atoms with Crippen LogP contribution in [0.25, 0.3) is 0 Å². The number of carbonyl (C=O) groups excluding carboxylic acids is 3. The maximum Gasteiger partial charge on any atom is 0.472 e. The first-order valence-electron chi connectivity index (χ1n) is 9.57. The Morgan fingerprint density at radius 3 is 2.37 bits per heavy atom. The fourth-order valence-electron chi connectivity index (χ4n) is 1.81. The summed E-state index contributed by atoms with van der Waals surface area (Å²) in [6, 6.07) is 0. The molecule has 0 saturated carbocycles. The minimum absolute atomic E-state index is 0.00535. The van der Waals surface area contributed by atoms with Crippen LogP contribution in [0.3, 0.4) is 0 Å². The summed E-state index contributed by atoms with van der Waals surface area (Å²) in [5.74, 6) is -1.81. The largest absolute Gasteiger partial charge is 0.472 e. The molecule has 13 heteroatoms. The van der Waals surface area contributed by atoms with Crippen LogP contribution >= 0.6 is 7.82 Å². The van der Waals surface area contributed by atoms with E-state index in [0.717, 1.165) is 0 Å². The third-order valence-electron chi connectivity index (χ3n) is 3.26. The number of phosphoric acid groups is 1. The van der Waals surface area contributed by atoms with E-state index in [4.69, 9.17) is 18.5 Å². The molecule has 2 unspecified atom stereocenters. The van der Waals surface area contributed by atoms with Crippen LogP contribution in [0.4, 0.5) is 0 Å². The molecule has 30 heavy (non-hydrogen) atoms. The zero-order valence-electron chi connectivity index (χ0n) is 18.2. The lowest BCUT2D eigenvalue weighted by Crippen LogP contribution is -2.35. The molecule has 0 aliphatic heterocycles. The molecule has 176 valence electrons. The Balaban J connectivity index is 4.54. The molecule has 2 atom stereocenters. The monoisotopic (exact) mass is 455 g/mol.